The minimum absolute atomic E-state index is 0.0371. The minimum atomic E-state index is -4.64. The topological polar surface area (TPSA) is 135 Å². The average Bonchev–Trinajstić information content (AvgIpc) is 2.94. The Labute approximate surface area is 223 Å². The molecule has 0 fully saturated rings. The van der Waals surface area contributed by atoms with Crippen LogP contribution in [0.2, 0.25) is 0 Å². The Balaban J connectivity index is 1.87. The van der Waals surface area contributed by atoms with Crippen LogP contribution in [0.5, 0.6) is 11.5 Å². The van der Waals surface area contributed by atoms with E-state index in [1.54, 1.807) is 12.1 Å². The monoisotopic (exact) mass is 556 g/mol. The SMILES string of the molecule is COC(=O)COc1c(OC)cc(C=Nn2c(-c3cccc(C(F)(F)F)c3)nc3ccccc3c2=O)cc1[N+](=O)[O-]. The van der Waals surface area contributed by atoms with E-state index in [1.807, 2.05) is 0 Å². The van der Waals surface area contributed by atoms with Crippen LogP contribution in [0, 0.1) is 10.1 Å². The Bertz CT molecular complexity index is 1700. The number of methoxy groups -OCH3 is 2. The van der Waals surface area contributed by atoms with Gasteiger partial charge in [0.25, 0.3) is 5.56 Å². The molecule has 3 aromatic carbocycles. The summed E-state index contributed by atoms with van der Waals surface area (Å²) in [4.78, 5) is 40.1. The van der Waals surface area contributed by atoms with E-state index in [1.165, 1.54) is 37.4 Å². The maximum Gasteiger partial charge on any atom is 0.416 e. The van der Waals surface area contributed by atoms with Crippen molar-refractivity contribution >= 4 is 28.8 Å². The number of esters is 1. The van der Waals surface area contributed by atoms with E-state index in [2.05, 4.69) is 14.8 Å². The first-order chi connectivity index (χ1) is 19.0. The van der Waals surface area contributed by atoms with E-state index >= 15 is 0 Å². The molecule has 4 rings (SSSR count). The third kappa shape index (κ3) is 5.75. The third-order valence-corrected chi connectivity index (χ3v) is 5.56. The van der Waals surface area contributed by atoms with Gasteiger partial charge in [-0.1, -0.05) is 24.3 Å². The van der Waals surface area contributed by atoms with E-state index in [-0.39, 0.29) is 39.4 Å². The van der Waals surface area contributed by atoms with Crippen molar-refractivity contribution in [2.75, 3.05) is 20.8 Å². The van der Waals surface area contributed by atoms with E-state index in [0.29, 0.717) is 0 Å². The summed E-state index contributed by atoms with van der Waals surface area (Å²) in [6, 6.07) is 12.8. The highest BCUT2D eigenvalue weighted by molar-refractivity contribution is 5.84. The second-order valence-corrected chi connectivity index (χ2v) is 8.09. The van der Waals surface area contributed by atoms with Gasteiger partial charge in [-0.25, -0.2) is 9.78 Å². The number of fused-ring (bicyclic) bond motifs is 1. The number of ether oxygens (including phenoxy) is 3. The lowest BCUT2D eigenvalue weighted by Gasteiger charge is -2.12. The Morgan fingerprint density at radius 1 is 1.12 bits per heavy atom. The van der Waals surface area contributed by atoms with E-state index in [4.69, 9.17) is 9.47 Å². The first-order valence-electron chi connectivity index (χ1n) is 11.3. The fourth-order valence-corrected chi connectivity index (χ4v) is 3.68. The molecular formula is C26H19F3N4O7. The number of para-hydroxylation sites is 1. The van der Waals surface area contributed by atoms with Crippen LogP contribution in [0.15, 0.2) is 70.6 Å². The number of nitro benzene ring substituents is 1. The second kappa shape index (κ2) is 11.2. The normalized spacial score (nSPS) is 11.5. The molecule has 11 nitrogen and oxygen atoms in total. The number of benzene rings is 3. The molecule has 40 heavy (non-hydrogen) atoms. The van der Waals surface area contributed by atoms with Crippen molar-refractivity contribution in [3.8, 4) is 22.9 Å². The van der Waals surface area contributed by atoms with Crippen molar-refractivity contribution < 1.29 is 37.1 Å². The van der Waals surface area contributed by atoms with Gasteiger partial charge in [-0.3, -0.25) is 14.9 Å². The van der Waals surface area contributed by atoms with Crippen LogP contribution in [0.3, 0.4) is 0 Å². The molecule has 1 heterocycles. The largest absolute Gasteiger partial charge is 0.493 e. The smallest absolute Gasteiger partial charge is 0.416 e. The van der Waals surface area contributed by atoms with Gasteiger partial charge in [0.1, 0.15) is 0 Å². The van der Waals surface area contributed by atoms with Gasteiger partial charge in [0.15, 0.2) is 18.2 Å². The highest BCUT2D eigenvalue weighted by Crippen LogP contribution is 2.38. The standard InChI is InChI=1S/C26H19F3N4O7/c1-38-21-11-15(10-20(33(36)37)23(21)40-14-22(34)39-2)13-30-32-24(16-6-5-7-17(12-16)26(27,28)29)31-19-9-4-3-8-18(19)25(32)35/h3-13H,14H2,1-2H3. The molecule has 0 aliphatic heterocycles. The summed E-state index contributed by atoms with van der Waals surface area (Å²) in [7, 11) is 2.34. The Hall–Kier alpha value is -5.27. The first kappa shape index (κ1) is 27.8. The Morgan fingerprint density at radius 2 is 1.88 bits per heavy atom. The van der Waals surface area contributed by atoms with Crippen molar-refractivity contribution in [2.24, 2.45) is 5.10 Å². The number of hydrogen-bond donors (Lipinski definition) is 0. The summed E-state index contributed by atoms with van der Waals surface area (Å²) >= 11 is 0. The van der Waals surface area contributed by atoms with Crippen LogP contribution in [-0.4, -0.2) is 47.6 Å². The van der Waals surface area contributed by atoms with Crippen LogP contribution >= 0.6 is 0 Å². The predicted molar refractivity (Wildman–Crippen MR) is 137 cm³/mol. The molecule has 1 aromatic heterocycles. The maximum atomic E-state index is 13.4. The molecule has 0 bridgehead atoms. The van der Waals surface area contributed by atoms with Crippen LogP contribution in [0.1, 0.15) is 11.1 Å². The lowest BCUT2D eigenvalue weighted by Crippen LogP contribution is -2.20. The summed E-state index contributed by atoms with van der Waals surface area (Å²) in [5, 5.41) is 16.0. The van der Waals surface area contributed by atoms with Crippen molar-refractivity contribution in [1.29, 1.82) is 0 Å². The molecule has 0 saturated heterocycles. The van der Waals surface area contributed by atoms with Gasteiger partial charge in [0.2, 0.25) is 5.75 Å². The van der Waals surface area contributed by atoms with Crippen molar-refractivity contribution in [2.45, 2.75) is 6.18 Å². The molecule has 0 spiro atoms. The molecule has 0 aliphatic rings. The van der Waals surface area contributed by atoms with Gasteiger partial charge in [0.05, 0.1) is 41.8 Å². The van der Waals surface area contributed by atoms with Crippen molar-refractivity contribution in [3.05, 3.63) is 92.3 Å². The third-order valence-electron chi connectivity index (χ3n) is 5.56. The summed E-state index contributed by atoms with van der Waals surface area (Å²) in [6.07, 6.45) is -3.57. The summed E-state index contributed by atoms with van der Waals surface area (Å²) < 4.78 is 55.9. The summed E-state index contributed by atoms with van der Waals surface area (Å²) in [5.41, 5.74) is -1.95. The van der Waals surface area contributed by atoms with Crippen molar-refractivity contribution in [1.82, 2.24) is 9.66 Å². The number of nitro groups is 1. The quantitative estimate of drug-likeness (QED) is 0.135. The lowest BCUT2D eigenvalue weighted by atomic mass is 10.1. The highest BCUT2D eigenvalue weighted by atomic mass is 19.4. The number of aromatic nitrogens is 2. The number of carbonyl (C=O) groups is 1. The summed E-state index contributed by atoms with van der Waals surface area (Å²) in [5.74, 6) is -1.44. The van der Waals surface area contributed by atoms with Gasteiger partial charge in [0, 0.05) is 17.2 Å². The number of nitrogens with zero attached hydrogens (tertiary/aromatic N) is 4. The molecule has 0 unspecified atom stereocenters. The van der Waals surface area contributed by atoms with E-state index in [0.717, 1.165) is 36.2 Å². The second-order valence-electron chi connectivity index (χ2n) is 8.09. The Kier molecular flexibility index (Phi) is 7.79. The molecule has 4 aromatic rings. The first-order valence-corrected chi connectivity index (χ1v) is 11.3. The lowest BCUT2D eigenvalue weighted by molar-refractivity contribution is -0.385. The molecule has 0 aliphatic carbocycles. The van der Waals surface area contributed by atoms with Gasteiger partial charge >= 0.3 is 17.8 Å². The van der Waals surface area contributed by atoms with Crippen LogP contribution in [0.4, 0.5) is 18.9 Å². The minimum Gasteiger partial charge on any atom is -0.493 e. The highest BCUT2D eigenvalue weighted by Gasteiger charge is 2.31. The van der Waals surface area contributed by atoms with Gasteiger partial charge in [-0.2, -0.15) is 22.9 Å². The van der Waals surface area contributed by atoms with Gasteiger partial charge in [-0.05, 0) is 30.3 Å². The van der Waals surface area contributed by atoms with Gasteiger partial charge < -0.3 is 14.2 Å². The fraction of sp³-hybridized carbons (Fsp3) is 0.154. The van der Waals surface area contributed by atoms with Gasteiger partial charge in [-0.15, -0.1) is 0 Å². The zero-order valence-electron chi connectivity index (χ0n) is 20.8. The predicted octanol–water partition coefficient (Wildman–Crippen LogP) is 4.43. The maximum absolute atomic E-state index is 13.4. The molecule has 14 heteroatoms. The van der Waals surface area contributed by atoms with E-state index < -0.39 is 40.5 Å². The summed E-state index contributed by atoms with van der Waals surface area (Å²) in [6.45, 7) is -0.625. The molecule has 0 amide bonds. The molecule has 0 atom stereocenters. The number of hydrogen-bond acceptors (Lipinski definition) is 9. The number of rotatable bonds is 8. The number of alkyl halides is 3. The molecule has 206 valence electrons. The molecule has 0 radical (unpaired) electrons. The number of halogens is 3. The number of carbonyl (C=O) groups excluding carboxylic acids is 1. The Morgan fingerprint density at radius 3 is 2.55 bits per heavy atom. The molecular weight excluding hydrogens is 537 g/mol. The van der Waals surface area contributed by atoms with Crippen molar-refractivity contribution in [3.63, 3.8) is 0 Å². The fourth-order valence-electron chi connectivity index (χ4n) is 3.68. The van der Waals surface area contributed by atoms with Crippen LogP contribution in [0.25, 0.3) is 22.3 Å². The zero-order valence-corrected chi connectivity index (χ0v) is 20.8. The van der Waals surface area contributed by atoms with Crippen LogP contribution in [-0.2, 0) is 15.7 Å². The molecule has 0 N–H and O–H groups in total. The average molecular weight is 556 g/mol. The van der Waals surface area contributed by atoms with E-state index in [9.17, 15) is 32.9 Å². The zero-order chi connectivity index (χ0) is 29.0. The molecule has 0 saturated carbocycles. The van der Waals surface area contributed by atoms with Crippen LogP contribution < -0.4 is 15.0 Å².